The molecule has 1 aromatic heterocycles. The van der Waals surface area contributed by atoms with Gasteiger partial charge >= 0.3 is 0 Å². The van der Waals surface area contributed by atoms with Crippen LogP contribution in [0.4, 0.5) is 11.6 Å². The molecule has 27 heavy (non-hydrogen) atoms. The van der Waals surface area contributed by atoms with Gasteiger partial charge in [0, 0.05) is 18.4 Å². The van der Waals surface area contributed by atoms with Crippen LogP contribution in [0.1, 0.15) is 41.4 Å². The number of carbonyl (C=O) groups is 1. The van der Waals surface area contributed by atoms with E-state index in [-0.39, 0.29) is 5.91 Å². The van der Waals surface area contributed by atoms with Gasteiger partial charge in [0.2, 0.25) is 5.95 Å². The van der Waals surface area contributed by atoms with E-state index >= 15 is 0 Å². The number of carbonyl (C=O) groups excluding carboxylic acids is 1. The van der Waals surface area contributed by atoms with Crippen LogP contribution >= 0.6 is 0 Å². The van der Waals surface area contributed by atoms with Crippen molar-refractivity contribution >= 4 is 17.5 Å². The van der Waals surface area contributed by atoms with Gasteiger partial charge in [-0.15, -0.1) is 0 Å². The van der Waals surface area contributed by atoms with Gasteiger partial charge in [0.15, 0.2) is 0 Å². The van der Waals surface area contributed by atoms with Gasteiger partial charge in [0.05, 0.1) is 0 Å². The summed E-state index contributed by atoms with van der Waals surface area (Å²) in [6, 6.07) is 19.7. The Balaban J connectivity index is 1.58. The Bertz CT molecular complexity index is 876. The third-order valence-electron chi connectivity index (χ3n) is 4.26. The zero-order valence-electron chi connectivity index (χ0n) is 15.6. The van der Waals surface area contributed by atoms with Gasteiger partial charge in [0.25, 0.3) is 5.91 Å². The highest BCUT2D eigenvalue weighted by Crippen LogP contribution is 2.17. The van der Waals surface area contributed by atoms with Crippen molar-refractivity contribution in [2.75, 3.05) is 17.2 Å². The Labute approximate surface area is 159 Å². The first-order chi connectivity index (χ1) is 13.1. The lowest BCUT2D eigenvalue weighted by Crippen LogP contribution is -2.16. The van der Waals surface area contributed by atoms with E-state index in [9.17, 15) is 4.79 Å². The number of aromatic nitrogens is 2. The number of amides is 1. The van der Waals surface area contributed by atoms with Gasteiger partial charge in [0.1, 0.15) is 5.69 Å². The SMILES string of the molecule is CC(C)c1ccc(NC(=O)c2ccnc(NCCc3ccccc3)n2)cc1. The molecule has 5 nitrogen and oxygen atoms in total. The second kappa shape index (κ2) is 8.94. The largest absolute Gasteiger partial charge is 0.354 e. The number of nitrogens with zero attached hydrogens (tertiary/aromatic N) is 2. The summed E-state index contributed by atoms with van der Waals surface area (Å²) in [5.41, 5.74) is 3.56. The molecule has 138 valence electrons. The molecule has 0 aliphatic carbocycles. The summed E-state index contributed by atoms with van der Waals surface area (Å²) < 4.78 is 0. The fourth-order valence-corrected chi connectivity index (χ4v) is 2.68. The number of rotatable bonds is 7. The maximum Gasteiger partial charge on any atom is 0.274 e. The second-order valence-electron chi connectivity index (χ2n) is 6.66. The molecule has 1 heterocycles. The first kappa shape index (κ1) is 18.6. The summed E-state index contributed by atoms with van der Waals surface area (Å²) >= 11 is 0. The lowest BCUT2D eigenvalue weighted by atomic mass is 10.0. The average Bonchev–Trinajstić information content (AvgIpc) is 2.69. The number of hydrogen-bond acceptors (Lipinski definition) is 4. The highest BCUT2D eigenvalue weighted by atomic mass is 16.1. The summed E-state index contributed by atoms with van der Waals surface area (Å²) in [6.07, 6.45) is 2.46. The molecule has 2 aromatic carbocycles. The fraction of sp³-hybridized carbons (Fsp3) is 0.227. The molecule has 0 radical (unpaired) electrons. The highest BCUT2D eigenvalue weighted by molar-refractivity contribution is 6.02. The molecule has 0 fully saturated rings. The van der Waals surface area contributed by atoms with Crippen LogP contribution in [-0.2, 0) is 6.42 Å². The molecule has 3 aromatic rings. The Morgan fingerprint density at radius 1 is 1.00 bits per heavy atom. The van der Waals surface area contributed by atoms with Crippen LogP contribution < -0.4 is 10.6 Å². The Morgan fingerprint density at radius 2 is 1.74 bits per heavy atom. The summed E-state index contributed by atoms with van der Waals surface area (Å²) in [6.45, 7) is 4.98. The topological polar surface area (TPSA) is 66.9 Å². The lowest BCUT2D eigenvalue weighted by Gasteiger charge is -2.09. The van der Waals surface area contributed by atoms with Crippen LogP contribution in [-0.4, -0.2) is 22.4 Å². The van der Waals surface area contributed by atoms with E-state index < -0.39 is 0 Å². The summed E-state index contributed by atoms with van der Waals surface area (Å²) in [5.74, 6) is 0.663. The zero-order chi connectivity index (χ0) is 19.1. The molecular weight excluding hydrogens is 336 g/mol. The Kier molecular flexibility index (Phi) is 6.15. The highest BCUT2D eigenvalue weighted by Gasteiger charge is 2.09. The third kappa shape index (κ3) is 5.38. The van der Waals surface area contributed by atoms with E-state index in [2.05, 4.69) is 46.6 Å². The van der Waals surface area contributed by atoms with Crippen molar-refractivity contribution in [3.8, 4) is 0 Å². The van der Waals surface area contributed by atoms with Crippen LogP contribution in [0.3, 0.4) is 0 Å². The molecule has 0 unspecified atom stereocenters. The van der Waals surface area contributed by atoms with Crippen molar-refractivity contribution < 1.29 is 4.79 Å². The molecule has 0 atom stereocenters. The van der Waals surface area contributed by atoms with Crippen molar-refractivity contribution in [2.45, 2.75) is 26.2 Å². The van der Waals surface area contributed by atoms with Gasteiger partial charge in [-0.2, -0.15) is 0 Å². The normalized spacial score (nSPS) is 10.6. The molecule has 0 aliphatic rings. The van der Waals surface area contributed by atoms with Gasteiger partial charge in [-0.3, -0.25) is 4.79 Å². The Morgan fingerprint density at radius 3 is 2.44 bits per heavy atom. The van der Waals surface area contributed by atoms with Crippen molar-refractivity contribution in [1.29, 1.82) is 0 Å². The van der Waals surface area contributed by atoms with Gasteiger partial charge in [-0.25, -0.2) is 9.97 Å². The average molecular weight is 360 g/mol. The van der Waals surface area contributed by atoms with Crippen LogP contribution in [0, 0.1) is 0 Å². The van der Waals surface area contributed by atoms with Crippen LogP contribution in [0.15, 0.2) is 66.9 Å². The van der Waals surface area contributed by atoms with Crippen molar-refractivity contribution in [1.82, 2.24) is 9.97 Å². The summed E-state index contributed by atoms with van der Waals surface area (Å²) in [5, 5.41) is 6.05. The van der Waals surface area contributed by atoms with E-state index in [1.54, 1.807) is 12.3 Å². The lowest BCUT2D eigenvalue weighted by molar-refractivity contribution is 0.102. The van der Waals surface area contributed by atoms with Crippen LogP contribution in [0.5, 0.6) is 0 Å². The van der Waals surface area contributed by atoms with Crippen LogP contribution in [0.25, 0.3) is 0 Å². The first-order valence-electron chi connectivity index (χ1n) is 9.14. The van der Waals surface area contributed by atoms with Crippen molar-refractivity contribution in [2.24, 2.45) is 0 Å². The van der Waals surface area contributed by atoms with Gasteiger partial charge in [-0.1, -0.05) is 56.3 Å². The van der Waals surface area contributed by atoms with Crippen molar-refractivity contribution in [3.63, 3.8) is 0 Å². The van der Waals surface area contributed by atoms with E-state index in [1.807, 2.05) is 42.5 Å². The molecule has 0 saturated carbocycles. The van der Waals surface area contributed by atoms with Crippen molar-refractivity contribution in [3.05, 3.63) is 83.7 Å². The molecule has 2 N–H and O–H groups in total. The molecule has 0 bridgehead atoms. The number of nitrogens with one attached hydrogen (secondary N) is 2. The smallest absolute Gasteiger partial charge is 0.274 e. The molecule has 0 aliphatic heterocycles. The monoisotopic (exact) mass is 360 g/mol. The molecule has 3 rings (SSSR count). The number of anilines is 2. The Hall–Kier alpha value is -3.21. The van der Waals surface area contributed by atoms with Crippen LogP contribution in [0.2, 0.25) is 0 Å². The predicted octanol–water partition coefficient (Wildman–Crippen LogP) is 4.51. The summed E-state index contributed by atoms with van der Waals surface area (Å²) in [4.78, 5) is 21.0. The third-order valence-corrected chi connectivity index (χ3v) is 4.26. The zero-order valence-corrected chi connectivity index (χ0v) is 15.6. The molecule has 0 saturated heterocycles. The fourth-order valence-electron chi connectivity index (χ4n) is 2.68. The quantitative estimate of drug-likeness (QED) is 0.651. The predicted molar refractivity (Wildman–Crippen MR) is 109 cm³/mol. The van der Waals surface area contributed by atoms with E-state index in [0.717, 1.165) is 12.1 Å². The minimum absolute atomic E-state index is 0.249. The minimum atomic E-state index is -0.249. The van der Waals surface area contributed by atoms with E-state index in [4.69, 9.17) is 0 Å². The van der Waals surface area contributed by atoms with E-state index in [1.165, 1.54) is 11.1 Å². The first-order valence-corrected chi connectivity index (χ1v) is 9.14. The van der Waals surface area contributed by atoms with E-state index in [0.29, 0.717) is 24.1 Å². The number of benzene rings is 2. The molecule has 0 spiro atoms. The standard InChI is InChI=1S/C22H24N4O/c1-16(2)18-8-10-19(11-9-18)25-21(27)20-13-15-24-22(26-20)23-14-12-17-6-4-3-5-7-17/h3-11,13,15-16H,12,14H2,1-2H3,(H,25,27)(H,23,24,26). The maximum atomic E-state index is 12.5. The molecular formula is C22H24N4O. The number of hydrogen-bond donors (Lipinski definition) is 2. The maximum absolute atomic E-state index is 12.5. The molecule has 1 amide bonds. The minimum Gasteiger partial charge on any atom is -0.354 e. The molecule has 5 heteroatoms. The summed E-state index contributed by atoms with van der Waals surface area (Å²) in [7, 11) is 0. The van der Waals surface area contributed by atoms with Gasteiger partial charge < -0.3 is 10.6 Å². The van der Waals surface area contributed by atoms with Gasteiger partial charge in [-0.05, 0) is 41.7 Å². The second-order valence-corrected chi connectivity index (χ2v) is 6.66.